The Labute approximate surface area is 105 Å². The SMILES string of the molecule is CC(=O)/C=C(\C)O.CC(=O)/C=C(\C)O.O.[Co]. The monoisotopic (exact) mass is 277 g/mol. The first-order valence-corrected chi connectivity index (χ1v) is 4.01. The molecule has 0 saturated carbocycles. The Morgan fingerprint density at radius 1 is 0.812 bits per heavy atom. The Kier molecular flexibility index (Phi) is 21.0. The summed E-state index contributed by atoms with van der Waals surface area (Å²) >= 11 is 0. The molecule has 97 valence electrons. The number of hydrogen-bond donors (Lipinski definition) is 2. The van der Waals surface area contributed by atoms with Gasteiger partial charge in [0, 0.05) is 28.9 Å². The van der Waals surface area contributed by atoms with Crippen molar-refractivity contribution < 1.29 is 42.1 Å². The van der Waals surface area contributed by atoms with Gasteiger partial charge in [-0.3, -0.25) is 9.59 Å². The molecule has 0 atom stereocenters. The van der Waals surface area contributed by atoms with E-state index in [-0.39, 0.29) is 45.3 Å². The third kappa shape index (κ3) is 38.4. The number of aliphatic hydroxyl groups excluding tert-OH is 2. The van der Waals surface area contributed by atoms with Gasteiger partial charge in [-0.15, -0.1) is 0 Å². The van der Waals surface area contributed by atoms with Crippen molar-refractivity contribution in [3.8, 4) is 0 Å². The first-order chi connectivity index (χ1) is 6.25. The molecule has 0 rings (SSSR count). The smallest absolute Gasteiger partial charge is 0.155 e. The molecule has 0 saturated heterocycles. The molecule has 4 N–H and O–H groups in total. The predicted molar refractivity (Wildman–Crippen MR) is 57.7 cm³/mol. The molecule has 16 heavy (non-hydrogen) atoms. The zero-order chi connectivity index (χ0) is 11.7. The Morgan fingerprint density at radius 2 is 1.00 bits per heavy atom. The summed E-state index contributed by atoms with van der Waals surface area (Å²) in [4.78, 5) is 20.0. The number of rotatable bonds is 2. The van der Waals surface area contributed by atoms with Gasteiger partial charge in [0.1, 0.15) is 0 Å². The maximum atomic E-state index is 10.0. The molecule has 0 bridgehead atoms. The molecule has 0 unspecified atom stereocenters. The van der Waals surface area contributed by atoms with Crippen LogP contribution in [0.5, 0.6) is 0 Å². The van der Waals surface area contributed by atoms with Crippen LogP contribution in [-0.2, 0) is 26.4 Å². The van der Waals surface area contributed by atoms with Crippen molar-refractivity contribution in [2.45, 2.75) is 27.7 Å². The maximum Gasteiger partial charge on any atom is 0.155 e. The molecule has 0 aromatic heterocycles. The second-order valence-corrected chi connectivity index (χ2v) is 2.79. The number of hydrogen-bond acceptors (Lipinski definition) is 4. The van der Waals surface area contributed by atoms with Crippen molar-refractivity contribution in [2.24, 2.45) is 0 Å². The van der Waals surface area contributed by atoms with Crippen molar-refractivity contribution in [1.29, 1.82) is 0 Å². The second-order valence-electron chi connectivity index (χ2n) is 2.79. The minimum Gasteiger partial charge on any atom is -0.512 e. The van der Waals surface area contributed by atoms with Gasteiger partial charge in [-0.2, -0.15) is 0 Å². The van der Waals surface area contributed by atoms with Crippen molar-refractivity contribution in [3.63, 3.8) is 0 Å². The van der Waals surface area contributed by atoms with Crippen LogP contribution in [0.3, 0.4) is 0 Å². The molecule has 0 amide bonds. The predicted octanol–water partition coefficient (Wildman–Crippen LogP) is 1.25. The Morgan fingerprint density at radius 3 is 1.00 bits per heavy atom. The molecule has 0 fully saturated rings. The van der Waals surface area contributed by atoms with E-state index >= 15 is 0 Å². The summed E-state index contributed by atoms with van der Waals surface area (Å²) in [6.45, 7) is 5.70. The molecular weight excluding hydrogens is 259 g/mol. The van der Waals surface area contributed by atoms with Crippen LogP contribution in [-0.4, -0.2) is 27.3 Å². The summed E-state index contributed by atoms with van der Waals surface area (Å²) in [7, 11) is 0. The minimum absolute atomic E-state index is 0. The zero-order valence-electron chi connectivity index (χ0n) is 9.70. The van der Waals surface area contributed by atoms with Gasteiger partial charge in [-0.25, -0.2) is 0 Å². The molecule has 6 heteroatoms. The first kappa shape index (κ1) is 24.2. The van der Waals surface area contributed by atoms with E-state index in [2.05, 4.69) is 0 Å². The van der Waals surface area contributed by atoms with Gasteiger partial charge in [0.25, 0.3) is 0 Å². The van der Waals surface area contributed by atoms with Gasteiger partial charge in [0.15, 0.2) is 11.6 Å². The summed E-state index contributed by atoms with van der Waals surface area (Å²) < 4.78 is 0. The molecule has 1 radical (unpaired) electrons. The van der Waals surface area contributed by atoms with Gasteiger partial charge >= 0.3 is 0 Å². The van der Waals surface area contributed by atoms with Crippen LogP contribution in [0.1, 0.15) is 27.7 Å². The van der Waals surface area contributed by atoms with Gasteiger partial charge in [0.05, 0.1) is 11.5 Å². The van der Waals surface area contributed by atoms with E-state index in [0.717, 1.165) is 0 Å². The first-order valence-electron chi connectivity index (χ1n) is 4.01. The van der Waals surface area contributed by atoms with E-state index in [1.54, 1.807) is 0 Å². The van der Waals surface area contributed by atoms with Crippen LogP contribution >= 0.6 is 0 Å². The van der Waals surface area contributed by atoms with E-state index < -0.39 is 0 Å². The van der Waals surface area contributed by atoms with Crippen LogP contribution in [0.2, 0.25) is 0 Å². The van der Waals surface area contributed by atoms with Crippen molar-refractivity contribution in [2.75, 3.05) is 0 Å². The second kappa shape index (κ2) is 13.9. The molecule has 0 spiro atoms. The van der Waals surface area contributed by atoms with E-state index in [1.165, 1.54) is 39.8 Å². The van der Waals surface area contributed by atoms with E-state index in [0.29, 0.717) is 0 Å². The number of aliphatic hydroxyl groups is 2. The van der Waals surface area contributed by atoms with Crippen LogP contribution in [0.4, 0.5) is 0 Å². The molecule has 5 nitrogen and oxygen atoms in total. The molecule has 0 aromatic rings. The van der Waals surface area contributed by atoms with Crippen LogP contribution in [0, 0.1) is 0 Å². The molecule has 0 aromatic carbocycles. The number of allylic oxidation sites excluding steroid dienone is 4. The van der Waals surface area contributed by atoms with Crippen LogP contribution in [0.25, 0.3) is 0 Å². The van der Waals surface area contributed by atoms with Crippen molar-refractivity contribution in [3.05, 3.63) is 23.7 Å². The van der Waals surface area contributed by atoms with Crippen LogP contribution in [0.15, 0.2) is 23.7 Å². The number of ketones is 2. The molecule has 0 aliphatic rings. The normalized spacial score (nSPS) is 10.0. The van der Waals surface area contributed by atoms with Gasteiger partial charge < -0.3 is 15.7 Å². The maximum absolute atomic E-state index is 10.0. The molecule has 0 aliphatic carbocycles. The summed E-state index contributed by atoms with van der Waals surface area (Å²) in [6.07, 6.45) is 2.33. The van der Waals surface area contributed by atoms with Crippen molar-refractivity contribution in [1.82, 2.24) is 0 Å². The zero-order valence-corrected chi connectivity index (χ0v) is 10.7. The Hall–Kier alpha value is -1.11. The number of carbonyl (C=O) groups excluding carboxylic acids is 2. The standard InChI is InChI=1S/2C5H8O2.Co.H2O/c2*1-4(6)3-5(2)7;;/h2*3,6H,1-2H3;;1H2/b2*4-3+;;. The Bertz CT molecular complexity index is 232. The van der Waals surface area contributed by atoms with E-state index in [1.807, 2.05) is 0 Å². The van der Waals surface area contributed by atoms with Crippen LogP contribution < -0.4 is 0 Å². The van der Waals surface area contributed by atoms with Gasteiger partial charge in [-0.1, -0.05) is 0 Å². The van der Waals surface area contributed by atoms with Gasteiger partial charge in [-0.05, 0) is 27.7 Å². The van der Waals surface area contributed by atoms with Gasteiger partial charge in [0.2, 0.25) is 0 Å². The summed E-state index contributed by atoms with van der Waals surface area (Å²) in [5, 5.41) is 16.7. The quantitative estimate of drug-likeness (QED) is 0.585. The average Bonchev–Trinajstić information content (AvgIpc) is 1.79. The molecule has 0 aliphatic heterocycles. The molecular formula is C10H18CoO5. The van der Waals surface area contributed by atoms with E-state index in [4.69, 9.17) is 10.2 Å². The topological polar surface area (TPSA) is 106 Å². The average molecular weight is 277 g/mol. The summed E-state index contributed by atoms with van der Waals surface area (Å²) in [5.74, 6) is -0.125. The largest absolute Gasteiger partial charge is 0.512 e. The van der Waals surface area contributed by atoms with E-state index in [9.17, 15) is 9.59 Å². The summed E-state index contributed by atoms with van der Waals surface area (Å²) in [6, 6.07) is 0. The Balaban J connectivity index is -0.0000000800. The molecule has 0 heterocycles. The fourth-order valence-corrected chi connectivity index (χ4v) is 0.588. The summed E-state index contributed by atoms with van der Waals surface area (Å²) in [5.41, 5.74) is 0. The fourth-order valence-electron chi connectivity index (χ4n) is 0.588. The number of carbonyl (C=O) groups is 2. The third-order valence-electron chi connectivity index (χ3n) is 0.824. The fraction of sp³-hybridized carbons (Fsp3) is 0.400. The van der Waals surface area contributed by atoms with Crippen molar-refractivity contribution >= 4 is 11.6 Å². The minimum atomic E-state index is -0.125. The third-order valence-corrected chi connectivity index (χ3v) is 0.824.